The molecule has 3 rings (SSSR count). The van der Waals surface area contributed by atoms with Crippen molar-refractivity contribution in [2.45, 2.75) is 44.1 Å². The van der Waals surface area contributed by atoms with Crippen molar-refractivity contribution in [3.8, 4) is 0 Å². The lowest BCUT2D eigenvalue weighted by molar-refractivity contribution is -0.138. The van der Waals surface area contributed by atoms with Crippen molar-refractivity contribution in [1.82, 2.24) is 0 Å². The topological polar surface area (TPSA) is 35.5 Å². The fraction of sp³-hybridized carbons (Fsp3) is 0.611. The maximum absolute atomic E-state index is 13.0. The van der Waals surface area contributed by atoms with Gasteiger partial charge in [-0.3, -0.25) is 4.79 Å². The van der Waals surface area contributed by atoms with Crippen LogP contribution in [-0.2, 0) is 14.3 Å². The molecule has 0 radical (unpaired) electrons. The lowest BCUT2D eigenvalue weighted by Gasteiger charge is -2.37. The maximum Gasteiger partial charge on any atom is 0.143 e. The van der Waals surface area contributed by atoms with Gasteiger partial charge in [0.2, 0.25) is 0 Å². The third kappa shape index (κ3) is 3.04. The van der Waals surface area contributed by atoms with Crippen LogP contribution < -0.4 is 0 Å². The van der Waals surface area contributed by atoms with Crippen LogP contribution in [0.3, 0.4) is 0 Å². The highest BCUT2D eigenvalue weighted by Gasteiger charge is 2.43. The first-order chi connectivity index (χ1) is 10.2. The van der Waals surface area contributed by atoms with Crippen molar-refractivity contribution in [2.75, 3.05) is 19.8 Å². The zero-order chi connectivity index (χ0) is 14.7. The average Bonchev–Trinajstić information content (AvgIpc) is 2.97. The Morgan fingerprint density at radius 3 is 2.81 bits per heavy atom. The molecule has 0 bridgehead atoms. The zero-order valence-corrected chi connectivity index (χ0v) is 12.7. The summed E-state index contributed by atoms with van der Waals surface area (Å²) in [5.74, 6) is 0.526. The molecule has 3 nitrogen and oxygen atoms in total. The minimum absolute atomic E-state index is 0.0219. The number of ether oxygens (including phenoxy) is 2. The van der Waals surface area contributed by atoms with Crippen LogP contribution in [-0.4, -0.2) is 31.2 Å². The van der Waals surface area contributed by atoms with Gasteiger partial charge in [-0.25, -0.2) is 0 Å². The van der Waals surface area contributed by atoms with E-state index in [-0.39, 0.29) is 17.4 Å². The van der Waals surface area contributed by atoms with Crippen LogP contribution in [0.5, 0.6) is 0 Å². The van der Waals surface area contributed by atoms with Crippen LogP contribution in [0.1, 0.15) is 44.1 Å². The van der Waals surface area contributed by atoms with E-state index in [1.807, 2.05) is 18.2 Å². The van der Waals surface area contributed by atoms with E-state index in [1.54, 1.807) is 0 Å². The molecule has 2 fully saturated rings. The fourth-order valence-electron chi connectivity index (χ4n) is 3.70. The van der Waals surface area contributed by atoms with E-state index in [9.17, 15) is 4.79 Å². The first-order valence-electron chi connectivity index (χ1n) is 8.04. The molecule has 1 spiro atoms. The molecule has 2 aliphatic heterocycles. The molecule has 0 saturated carbocycles. The minimum Gasteiger partial charge on any atom is -0.378 e. The van der Waals surface area contributed by atoms with Gasteiger partial charge < -0.3 is 9.47 Å². The van der Waals surface area contributed by atoms with E-state index in [4.69, 9.17) is 9.47 Å². The Hall–Kier alpha value is -1.19. The molecule has 0 N–H and O–H groups in total. The number of carbonyl (C=O) groups excluding carboxylic acids is 1. The molecule has 1 aromatic carbocycles. The summed E-state index contributed by atoms with van der Waals surface area (Å²) in [4.78, 5) is 13.0. The van der Waals surface area contributed by atoms with Crippen molar-refractivity contribution < 1.29 is 14.3 Å². The van der Waals surface area contributed by atoms with Crippen molar-refractivity contribution >= 4 is 5.78 Å². The lowest BCUT2D eigenvalue weighted by Crippen LogP contribution is -2.43. The molecule has 0 amide bonds. The van der Waals surface area contributed by atoms with E-state index >= 15 is 0 Å². The zero-order valence-electron chi connectivity index (χ0n) is 12.7. The van der Waals surface area contributed by atoms with Gasteiger partial charge in [-0.15, -0.1) is 0 Å². The predicted octanol–water partition coefficient (Wildman–Crippen LogP) is 3.34. The smallest absolute Gasteiger partial charge is 0.143 e. The Balaban J connectivity index is 1.74. The van der Waals surface area contributed by atoms with Crippen LogP contribution in [0.15, 0.2) is 30.3 Å². The number of Topliss-reactive ketones (excluding diaryl/α,β-unsaturated/α-hetero) is 1. The van der Waals surface area contributed by atoms with Crippen molar-refractivity contribution in [3.05, 3.63) is 35.9 Å². The summed E-state index contributed by atoms with van der Waals surface area (Å²) >= 11 is 0. The number of hydrogen-bond acceptors (Lipinski definition) is 3. The summed E-state index contributed by atoms with van der Waals surface area (Å²) in [7, 11) is 0. The van der Waals surface area contributed by atoms with Gasteiger partial charge in [0.25, 0.3) is 0 Å². The fourth-order valence-corrected chi connectivity index (χ4v) is 3.70. The molecule has 2 aliphatic rings. The Kier molecular flexibility index (Phi) is 4.41. The van der Waals surface area contributed by atoms with Gasteiger partial charge in [0.15, 0.2) is 0 Å². The molecule has 0 aromatic heterocycles. The van der Waals surface area contributed by atoms with Crippen molar-refractivity contribution in [1.29, 1.82) is 0 Å². The van der Waals surface area contributed by atoms with Gasteiger partial charge in [0.1, 0.15) is 5.78 Å². The van der Waals surface area contributed by atoms with Gasteiger partial charge in [-0.1, -0.05) is 37.3 Å². The molecule has 0 aliphatic carbocycles. The molecule has 114 valence electrons. The Morgan fingerprint density at radius 2 is 2.14 bits per heavy atom. The average molecular weight is 288 g/mol. The second-order valence-electron chi connectivity index (χ2n) is 6.30. The monoisotopic (exact) mass is 288 g/mol. The van der Waals surface area contributed by atoms with Crippen LogP contribution in [0.25, 0.3) is 0 Å². The summed E-state index contributed by atoms with van der Waals surface area (Å²) in [6.45, 7) is 4.20. The van der Waals surface area contributed by atoms with E-state index in [2.05, 4.69) is 19.1 Å². The Labute approximate surface area is 126 Å². The second kappa shape index (κ2) is 6.29. The third-order valence-electron chi connectivity index (χ3n) is 4.92. The first-order valence-corrected chi connectivity index (χ1v) is 8.04. The van der Waals surface area contributed by atoms with Gasteiger partial charge in [-0.05, 0) is 24.8 Å². The highest BCUT2D eigenvalue weighted by molar-refractivity contribution is 5.88. The molecule has 3 heteroatoms. The van der Waals surface area contributed by atoms with Gasteiger partial charge in [0, 0.05) is 31.5 Å². The highest BCUT2D eigenvalue weighted by atomic mass is 16.6. The molecule has 1 aromatic rings. The maximum atomic E-state index is 13.0. The summed E-state index contributed by atoms with van der Waals surface area (Å²) in [5, 5.41) is 0. The molecule has 3 unspecified atom stereocenters. The quantitative estimate of drug-likeness (QED) is 0.852. The molecule has 3 atom stereocenters. The van der Waals surface area contributed by atoms with Crippen molar-refractivity contribution in [2.24, 2.45) is 5.92 Å². The summed E-state index contributed by atoms with van der Waals surface area (Å²) < 4.78 is 11.4. The highest BCUT2D eigenvalue weighted by Crippen LogP contribution is 2.38. The molecule has 2 heterocycles. The summed E-state index contributed by atoms with van der Waals surface area (Å²) in [6, 6.07) is 10.2. The van der Waals surface area contributed by atoms with Gasteiger partial charge >= 0.3 is 0 Å². The van der Waals surface area contributed by atoms with Crippen molar-refractivity contribution in [3.63, 3.8) is 0 Å². The summed E-state index contributed by atoms with van der Waals surface area (Å²) in [5.41, 5.74) is 0.960. The third-order valence-corrected chi connectivity index (χ3v) is 4.92. The second-order valence-corrected chi connectivity index (χ2v) is 6.30. The Bertz CT molecular complexity index is 476. The molecular formula is C18H24O3. The molecule has 2 saturated heterocycles. The number of ketones is 1. The SMILES string of the molecule is CCC(C(=O)C1CCOC2(CCOC2)C1)c1ccccc1. The Morgan fingerprint density at radius 1 is 1.33 bits per heavy atom. The van der Waals surface area contributed by atoms with Gasteiger partial charge in [0.05, 0.1) is 12.2 Å². The number of benzene rings is 1. The normalized spacial score (nSPS) is 30.4. The first kappa shape index (κ1) is 14.7. The minimum atomic E-state index is -0.187. The summed E-state index contributed by atoms with van der Waals surface area (Å²) in [6.07, 6.45) is 3.47. The van der Waals surface area contributed by atoms with Crippen LogP contribution in [0.4, 0.5) is 0 Å². The molecular weight excluding hydrogens is 264 g/mol. The molecule has 21 heavy (non-hydrogen) atoms. The number of hydrogen-bond donors (Lipinski definition) is 0. The van der Waals surface area contributed by atoms with Gasteiger partial charge in [-0.2, -0.15) is 0 Å². The van der Waals surface area contributed by atoms with E-state index in [0.717, 1.165) is 37.9 Å². The number of rotatable bonds is 4. The standard InChI is InChI=1S/C18H24O3/c1-2-16(14-6-4-3-5-7-14)17(19)15-8-10-21-18(12-15)9-11-20-13-18/h3-7,15-16H,2,8-13H2,1H3. The lowest BCUT2D eigenvalue weighted by atomic mass is 9.77. The van der Waals surface area contributed by atoms with E-state index < -0.39 is 0 Å². The number of carbonyl (C=O) groups is 1. The van der Waals surface area contributed by atoms with E-state index in [1.165, 1.54) is 0 Å². The van der Waals surface area contributed by atoms with E-state index in [0.29, 0.717) is 19.0 Å². The van der Waals surface area contributed by atoms with Crippen LogP contribution >= 0.6 is 0 Å². The van der Waals surface area contributed by atoms with Crippen LogP contribution in [0.2, 0.25) is 0 Å². The van der Waals surface area contributed by atoms with Crippen LogP contribution in [0, 0.1) is 5.92 Å². The predicted molar refractivity (Wildman–Crippen MR) is 81.3 cm³/mol. The largest absolute Gasteiger partial charge is 0.378 e.